The van der Waals surface area contributed by atoms with Gasteiger partial charge in [-0.05, 0) is 37.7 Å². The van der Waals surface area contributed by atoms with Crippen LogP contribution in [0.5, 0.6) is 0 Å². The first-order valence-electron chi connectivity index (χ1n) is 7.97. The van der Waals surface area contributed by atoms with Crippen molar-refractivity contribution in [1.29, 1.82) is 0 Å². The Bertz CT molecular complexity index is 438. The molecule has 1 saturated heterocycles. The van der Waals surface area contributed by atoms with E-state index in [-0.39, 0.29) is 29.7 Å². The molecule has 1 aliphatic rings. The summed E-state index contributed by atoms with van der Waals surface area (Å²) in [5.41, 5.74) is 0. The molecule has 0 spiro atoms. The lowest BCUT2D eigenvalue weighted by Gasteiger charge is -2.32. The van der Waals surface area contributed by atoms with Crippen molar-refractivity contribution in [2.24, 2.45) is 4.99 Å². The molecular formula is C14H31IN4O2S2. The van der Waals surface area contributed by atoms with E-state index < -0.39 is 10.0 Å². The summed E-state index contributed by atoms with van der Waals surface area (Å²) in [7, 11) is -1.29. The summed E-state index contributed by atoms with van der Waals surface area (Å²) in [5, 5.41) is 6.70. The van der Waals surface area contributed by atoms with E-state index in [2.05, 4.69) is 21.9 Å². The molecule has 2 N–H and O–H groups in total. The largest absolute Gasteiger partial charge is 0.356 e. The third-order valence-corrected chi connectivity index (χ3v) is 6.46. The fourth-order valence-electron chi connectivity index (χ4n) is 2.48. The van der Waals surface area contributed by atoms with Gasteiger partial charge < -0.3 is 10.6 Å². The first-order chi connectivity index (χ1) is 10.5. The van der Waals surface area contributed by atoms with E-state index in [1.54, 1.807) is 11.4 Å². The molecule has 1 fully saturated rings. The number of nitrogens with zero attached hydrogens (tertiary/aromatic N) is 2. The fraction of sp³-hybridized carbons (Fsp3) is 0.929. The predicted molar refractivity (Wildman–Crippen MR) is 112 cm³/mol. The summed E-state index contributed by atoms with van der Waals surface area (Å²) >= 11 is 1.84. The summed E-state index contributed by atoms with van der Waals surface area (Å²) in [5.74, 6) is 2.21. The highest BCUT2D eigenvalue weighted by atomic mass is 127. The zero-order chi connectivity index (χ0) is 16.4. The van der Waals surface area contributed by atoms with Crippen molar-refractivity contribution < 1.29 is 8.42 Å². The van der Waals surface area contributed by atoms with E-state index in [1.807, 2.05) is 18.7 Å². The van der Waals surface area contributed by atoms with Crippen LogP contribution >= 0.6 is 35.7 Å². The van der Waals surface area contributed by atoms with Crippen molar-refractivity contribution in [3.8, 4) is 0 Å². The molecule has 1 rings (SSSR count). The number of nitrogens with one attached hydrogen (secondary N) is 2. The van der Waals surface area contributed by atoms with Gasteiger partial charge in [-0.1, -0.05) is 6.92 Å². The predicted octanol–water partition coefficient (Wildman–Crippen LogP) is 1.73. The van der Waals surface area contributed by atoms with Crippen LogP contribution in [0, 0.1) is 0 Å². The molecule has 1 aliphatic heterocycles. The second-order valence-electron chi connectivity index (χ2n) is 5.48. The fourth-order valence-corrected chi connectivity index (χ4v) is 4.45. The van der Waals surface area contributed by atoms with Crippen LogP contribution in [0.15, 0.2) is 4.99 Å². The molecule has 9 heteroatoms. The Kier molecular flexibility index (Phi) is 12.7. The van der Waals surface area contributed by atoms with E-state index in [9.17, 15) is 8.42 Å². The molecule has 0 bridgehead atoms. The van der Waals surface area contributed by atoms with E-state index in [1.165, 1.54) is 0 Å². The van der Waals surface area contributed by atoms with Crippen LogP contribution in [-0.2, 0) is 10.0 Å². The van der Waals surface area contributed by atoms with Gasteiger partial charge in [-0.2, -0.15) is 11.8 Å². The first kappa shape index (κ1) is 23.3. The van der Waals surface area contributed by atoms with Gasteiger partial charge in [0.15, 0.2) is 5.96 Å². The van der Waals surface area contributed by atoms with Gasteiger partial charge in [0, 0.05) is 32.7 Å². The van der Waals surface area contributed by atoms with Crippen LogP contribution in [0.2, 0.25) is 0 Å². The smallest absolute Gasteiger partial charge is 0.214 e. The standard InChI is InChI=1S/C14H30N4O2S2.HI/c1-4-12-22(19,20)18-9-6-13(7-10-18)17-14(15-2)16-8-5-11-21-3;/h13H,4-12H2,1-3H3,(H2,15,16,17);1H. The Morgan fingerprint density at radius 1 is 1.35 bits per heavy atom. The van der Waals surface area contributed by atoms with Gasteiger partial charge in [-0.15, -0.1) is 24.0 Å². The van der Waals surface area contributed by atoms with Gasteiger partial charge in [-0.25, -0.2) is 12.7 Å². The first-order valence-corrected chi connectivity index (χ1v) is 11.0. The number of hydrogen-bond donors (Lipinski definition) is 2. The summed E-state index contributed by atoms with van der Waals surface area (Å²) in [4.78, 5) is 4.23. The lowest BCUT2D eigenvalue weighted by molar-refractivity contribution is 0.306. The number of aliphatic imine (C=N–C) groups is 1. The molecule has 0 unspecified atom stereocenters. The number of sulfonamides is 1. The lowest BCUT2D eigenvalue weighted by atomic mass is 10.1. The third-order valence-electron chi connectivity index (χ3n) is 3.69. The summed E-state index contributed by atoms with van der Waals surface area (Å²) < 4.78 is 25.7. The van der Waals surface area contributed by atoms with Crippen molar-refractivity contribution in [2.45, 2.75) is 38.6 Å². The molecule has 0 amide bonds. The SMILES string of the molecule is CCCS(=O)(=O)N1CCC(NC(=NC)NCCCSC)CC1.I. The molecular weight excluding hydrogens is 447 g/mol. The maximum atomic E-state index is 12.0. The molecule has 0 saturated carbocycles. The van der Waals surface area contributed by atoms with Gasteiger partial charge >= 0.3 is 0 Å². The zero-order valence-corrected chi connectivity index (χ0v) is 18.3. The molecule has 0 aliphatic carbocycles. The van der Waals surface area contributed by atoms with Crippen LogP contribution in [0.25, 0.3) is 0 Å². The highest BCUT2D eigenvalue weighted by Gasteiger charge is 2.27. The maximum absolute atomic E-state index is 12.0. The number of piperidine rings is 1. The Morgan fingerprint density at radius 2 is 2.00 bits per heavy atom. The summed E-state index contributed by atoms with van der Waals surface area (Å²) in [6.45, 7) is 4.01. The molecule has 0 aromatic rings. The zero-order valence-electron chi connectivity index (χ0n) is 14.4. The van der Waals surface area contributed by atoms with Gasteiger partial charge in [0.05, 0.1) is 5.75 Å². The van der Waals surface area contributed by atoms with E-state index in [4.69, 9.17) is 0 Å². The summed E-state index contributed by atoms with van der Waals surface area (Å²) in [6.07, 6.45) is 5.54. The van der Waals surface area contributed by atoms with E-state index >= 15 is 0 Å². The van der Waals surface area contributed by atoms with Gasteiger partial charge in [0.25, 0.3) is 0 Å². The van der Waals surface area contributed by atoms with Crippen LogP contribution in [0.4, 0.5) is 0 Å². The van der Waals surface area contributed by atoms with Crippen LogP contribution in [0.3, 0.4) is 0 Å². The van der Waals surface area contributed by atoms with Gasteiger partial charge in [0.2, 0.25) is 10.0 Å². The van der Waals surface area contributed by atoms with Crippen molar-refractivity contribution in [2.75, 3.05) is 44.4 Å². The highest BCUT2D eigenvalue weighted by Crippen LogP contribution is 2.15. The Balaban J connectivity index is 0.00000484. The van der Waals surface area contributed by atoms with E-state index in [0.29, 0.717) is 25.6 Å². The van der Waals surface area contributed by atoms with Crippen molar-refractivity contribution in [3.63, 3.8) is 0 Å². The van der Waals surface area contributed by atoms with Gasteiger partial charge in [0.1, 0.15) is 0 Å². The average molecular weight is 478 g/mol. The molecule has 6 nitrogen and oxygen atoms in total. The van der Waals surface area contributed by atoms with Crippen LogP contribution < -0.4 is 10.6 Å². The van der Waals surface area contributed by atoms with Crippen LogP contribution in [-0.4, -0.2) is 69.2 Å². The molecule has 1 heterocycles. The molecule has 0 radical (unpaired) electrons. The minimum Gasteiger partial charge on any atom is -0.356 e. The normalized spacial score (nSPS) is 17.6. The molecule has 0 aromatic carbocycles. The Hall–Kier alpha value is 0.260. The van der Waals surface area contributed by atoms with Crippen LogP contribution in [0.1, 0.15) is 32.6 Å². The Labute approximate surface area is 162 Å². The molecule has 0 aromatic heterocycles. The second-order valence-corrected chi connectivity index (χ2v) is 8.55. The van der Waals surface area contributed by atoms with Gasteiger partial charge in [-0.3, -0.25) is 4.99 Å². The quantitative estimate of drug-likeness (QED) is 0.241. The number of guanidine groups is 1. The number of rotatable bonds is 8. The van der Waals surface area contributed by atoms with Crippen molar-refractivity contribution in [1.82, 2.24) is 14.9 Å². The minimum atomic E-state index is -3.05. The highest BCUT2D eigenvalue weighted by molar-refractivity contribution is 14.0. The van der Waals surface area contributed by atoms with Crippen molar-refractivity contribution >= 4 is 51.7 Å². The third kappa shape index (κ3) is 8.78. The number of hydrogen-bond acceptors (Lipinski definition) is 4. The second kappa shape index (κ2) is 12.6. The molecule has 23 heavy (non-hydrogen) atoms. The summed E-state index contributed by atoms with van der Waals surface area (Å²) in [6, 6.07) is 0.292. The van der Waals surface area contributed by atoms with Crippen molar-refractivity contribution in [3.05, 3.63) is 0 Å². The topological polar surface area (TPSA) is 73.8 Å². The van der Waals surface area contributed by atoms with E-state index in [0.717, 1.165) is 37.5 Å². The molecule has 0 atom stereocenters. The maximum Gasteiger partial charge on any atom is 0.214 e. The molecule has 138 valence electrons. The monoisotopic (exact) mass is 478 g/mol. The number of halogens is 1. The number of thioether (sulfide) groups is 1. The average Bonchev–Trinajstić information content (AvgIpc) is 2.50. The lowest BCUT2D eigenvalue weighted by Crippen LogP contribution is -2.50. The Morgan fingerprint density at radius 3 is 2.52 bits per heavy atom. The minimum absolute atomic E-state index is 0.